The Morgan fingerprint density at radius 3 is 3.11 bits per heavy atom. The molecule has 0 bridgehead atoms. The molecule has 0 amide bonds. The van der Waals surface area contributed by atoms with Gasteiger partial charge in [0.2, 0.25) is 0 Å². The molecule has 0 aliphatic carbocycles. The van der Waals surface area contributed by atoms with E-state index >= 15 is 0 Å². The number of morpholine rings is 1. The van der Waals surface area contributed by atoms with Crippen LogP contribution in [0.15, 0.2) is 24.3 Å². The first kappa shape index (κ1) is 14.3. The predicted octanol–water partition coefficient (Wildman–Crippen LogP) is 1.68. The highest BCUT2D eigenvalue weighted by atomic mass is 16.5. The van der Waals surface area contributed by atoms with Crippen LogP contribution in [0.2, 0.25) is 0 Å². The van der Waals surface area contributed by atoms with E-state index in [4.69, 9.17) is 9.47 Å². The van der Waals surface area contributed by atoms with Crippen LogP contribution in [-0.2, 0) is 4.74 Å². The first-order valence-corrected chi connectivity index (χ1v) is 6.88. The molecule has 1 heterocycles. The lowest BCUT2D eigenvalue weighted by atomic mass is 10.1. The van der Waals surface area contributed by atoms with Crippen LogP contribution in [-0.4, -0.2) is 51.4 Å². The standard InChI is InChI=1S/C15H24N2O2/c1-12(13-5-4-6-14(9-13)18-3)17-7-8-19-15(11-17)10-16-2/h4-6,9,12,15-16H,7-8,10-11H2,1-3H3. The van der Waals surface area contributed by atoms with Crippen LogP contribution in [0, 0.1) is 0 Å². The number of rotatable bonds is 5. The third-order valence-electron chi connectivity index (χ3n) is 3.73. The number of likely N-dealkylation sites (N-methyl/N-ethyl adjacent to an activating group) is 1. The lowest BCUT2D eigenvalue weighted by molar-refractivity contribution is -0.0393. The quantitative estimate of drug-likeness (QED) is 0.877. The molecule has 1 aromatic carbocycles. The van der Waals surface area contributed by atoms with Crippen LogP contribution >= 0.6 is 0 Å². The predicted molar refractivity (Wildman–Crippen MR) is 76.6 cm³/mol. The van der Waals surface area contributed by atoms with Crippen molar-refractivity contribution in [2.75, 3.05) is 40.4 Å². The monoisotopic (exact) mass is 264 g/mol. The summed E-state index contributed by atoms with van der Waals surface area (Å²) in [6.45, 7) is 5.91. The molecule has 0 saturated carbocycles. The van der Waals surface area contributed by atoms with Crippen molar-refractivity contribution in [2.45, 2.75) is 19.1 Å². The van der Waals surface area contributed by atoms with Gasteiger partial charge in [-0.3, -0.25) is 4.90 Å². The van der Waals surface area contributed by atoms with E-state index in [0.29, 0.717) is 6.04 Å². The maximum Gasteiger partial charge on any atom is 0.119 e. The van der Waals surface area contributed by atoms with Crippen molar-refractivity contribution in [1.82, 2.24) is 10.2 Å². The Labute approximate surface area is 115 Å². The molecule has 1 aromatic rings. The minimum Gasteiger partial charge on any atom is -0.497 e. The fraction of sp³-hybridized carbons (Fsp3) is 0.600. The number of ether oxygens (including phenoxy) is 2. The second-order valence-corrected chi connectivity index (χ2v) is 5.00. The molecule has 1 N–H and O–H groups in total. The van der Waals surface area contributed by atoms with Crippen molar-refractivity contribution in [1.29, 1.82) is 0 Å². The molecule has 1 fully saturated rings. The Balaban J connectivity index is 2.03. The molecular weight excluding hydrogens is 240 g/mol. The van der Waals surface area contributed by atoms with Crippen molar-refractivity contribution in [3.8, 4) is 5.75 Å². The highest BCUT2D eigenvalue weighted by molar-refractivity contribution is 5.30. The Morgan fingerprint density at radius 2 is 2.37 bits per heavy atom. The summed E-state index contributed by atoms with van der Waals surface area (Å²) in [5, 5.41) is 3.18. The summed E-state index contributed by atoms with van der Waals surface area (Å²) in [6, 6.07) is 8.71. The first-order valence-electron chi connectivity index (χ1n) is 6.88. The number of hydrogen-bond acceptors (Lipinski definition) is 4. The summed E-state index contributed by atoms with van der Waals surface area (Å²) in [7, 11) is 3.68. The molecule has 2 rings (SSSR count). The summed E-state index contributed by atoms with van der Waals surface area (Å²) < 4.78 is 11.0. The fourth-order valence-corrected chi connectivity index (χ4v) is 2.56. The molecule has 2 atom stereocenters. The number of nitrogens with one attached hydrogen (secondary N) is 1. The molecule has 2 unspecified atom stereocenters. The lowest BCUT2D eigenvalue weighted by Crippen LogP contribution is -2.46. The first-order chi connectivity index (χ1) is 9.24. The molecule has 0 radical (unpaired) electrons. The third-order valence-corrected chi connectivity index (χ3v) is 3.73. The van der Waals surface area contributed by atoms with Crippen LogP contribution < -0.4 is 10.1 Å². The summed E-state index contributed by atoms with van der Waals surface area (Å²) in [5.41, 5.74) is 1.30. The Kier molecular flexibility index (Phi) is 5.19. The van der Waals surface area contributed by atoms with E-state index in [0.717, 1.165) is 32.0 Å². The van der Waals surface area contributed by atoms with Gasteiger partial charge in [-0.05, 0) is 31.7 Å². The van der Waals surface area contributed by atoms with E-state index in [1.54, 1.807) is 7.11 Å². The van der Waals surface area contributed by atoms with Gasteiger partial charge in [0.1, 0.15) is 5.75 Å². The summed E-state index contributed by atoms with van der Waals surface area (Å²) in [4.78, 5) is 2.47. The van der Waals surface area contributed by atoms with Gasteiger partial charge in [-0.25, -0.2) is 0 Å². The molecule has 4 nitrogen and oxygen atoms in total. The largest absolute Gasteiger partial charge is 0.497 e. The molecular formula is C15H24N2O2. The molecule has 4 heteroatoms. The van der Waals surface area contributed by atoms with Gasteiger partial charge in [-0.2, -0.15) is 0 Å². The van der Waals surface area contributed by atoms with Crippen molar-refractivity contribution < 1.29 is 9.47 Å². The maximum absolute atomic E-state index is 5.75. The zero-order valence-electron chi connectivity index (χ0n) is 12.1. The van der Waals surface area contributed by atoms with Crippen molar-refractivity contribution in [3.63, 3.8) is 0 Å². The fourth-order valence-electron chi connectivity index (χ4n) is 2.56. The zero-order chi connectivity index (χ0) is 13.7. The van der Waals surface area contributed by atoms with Gasteiger partial charge in [-0.1, -0.05) is 12.1 Å². The Bertz CT molecular complexity index is 395. The van der Waals surface area contributed by atoms with Gasteiger partial charge in [0.15, 0.2) is 0 Å². The van der Waals surface area contributed by atoms with E-state index in [1.807, 2.05) is 13.1 Å². The molecule has 0 spiro atoms. The van der Waals surface area contributed by atoms with Crippen molar-refractivity contribution in [3.05, 3.63) is 29.8 Å². The van der Waals surface area contributed by atoms with E-state index in [2.05, 4.69) is 35.3 Å². The summed E-state index contributed by atoms with van der Waals surface area (Å²) >= 11 is 0. The van der Waals surface area contributed by atoms with Crippen LogP contribution in [0.25, 0.3) is 0 Å². The van der Waals surface area contributed by atoms with Crippen molar-refractivity contribution >= 4 is 0 Å². The molecule has 19 heavy (non-hydrogen) atoms. The average molecular weight is 264 g/mol. The van der Waals surface area contributed by atoms with Crippen molar-refractivity contribution in [2.24, 2.45) is 0 Å². The lowest BCUT2D eigenvalue weighted by Gasteiger charge is -2.37. The van der Waals surface area contributed by atoms with Gasteiger partial charge in [0.05, 0.1) is 19.8 Å². The van der Waals surface area contributed by atoms with Crippen LogP contribution in [0.5, 0.6) is 5.75 Å². The summed E-state index contributed by atoms with van der Waals surface area (Å²) in [5.74, 6) is 0.921. The molecule has 106 valence electrons. The van der Waals surface area contributed by atoms with Gasteiger partial charge >= 0.3 is 0 Å². The second-order valence-electron chi connectivity index (χ2n) is 5.00. The summed E-state index contributed by atoms with van der Waals surface area (Å²) in [6.07, 6.45) is 0.284. The van der Waals surface area contributed by atoms with Crippen LogP contribution in [0.4, 0.5) is 0 Å². The average Bonchev–Trinajstić information content (AvgIpc) is 2.47. The van der Waals surface area contributed by atoms with E-state index in [1.165, 1.54) is 5.56 Å². The molecule has 1 aliphatic rings. The Hall–Kier alpha value is -1.10. The van der Waals surface area contributed by atoms with E-state index in [9.17, 15) is 0 Å². The van der Waals surface area contributed by atoms with Gasteiger partial charge in [0, 0.05) is 25.7 Å². The highest BCUT2D eigenvalue weighted by Crippen LogP contribution is 2.25. The number of methoxy groups -OCH3 is 1. The minimum atomic E-state index is 0.284. The van der Waals surface area contributed by atoms with Gasteiger partial charge in [-0.15, -0.1) is 0 Å². The smallest absolute Gasteiger partial charge is 0.119 e. The van der Waals surface area contributed by atoms with Gasteiger partial charge < -0.3 is 14.8 Å². The van der Waals surface area contributed by atoms with Gasteiger partial charge in [0.25, 0.3) is 0 Å². The van der Waals surface area contributed by atoms with Crippen LogP contribution in [0.1, 0.15) is 18.5 Å². The molecule has 1 saturated heterocycles. The Morgan fingerprint density at radius 1 is 1.53 bits per heavy atom. The minimum absolute atomic E-state index is 0.284. The number of benzene rings is 1. The molecule has 1 aliphatic heterocycles. The normalized spacial score (nSPS) is 22.2. The highest BCUT2D eigenvalue weighted by Gasteiger charge is 2.24. The number of hydrogen-bond donors (Lipinski definition) is 1. The van der Waals surface area contributed by atoms with E-state index in [-0.39, 0.29) is 6.10 Å². The van der Waals surface area contributed by atoms with Crippen LogP contribution in [0.3, 0.4) is 0 Å². The zero-order valence-corrected chi connectivity index (χ0v) is 12.1. The second kappa shape index (κ2) is 6.89. The topological polar surface area (TPSA) is 33.7 Å². The SMILES string of the molecule is CNCC1CN(C(C)c2cccc(OC)c2)CCO1. The maximum atomic E-state index is 5.75. The number of nitrogens with zero attached hydrogens (tertiary/aromatic N) is 1. The third kappa shape index (κ3) is 3.69. The van der Waals surface area contributed by atoms with E-state index < -0.39 is 0 Å². The molecule has 0 aromatic heterocycles.